The zero-order valence-electron chi connectivity index (χ0n) is 11.9. The van der Waals surface area contributed by atoms with Gasteiger partial charge in [0, 0.05) is 10.6 Å². The minimum Gasteiger partial charge on any atom is -0.481 e. The molecule has 7 heteroatoms. The Balaban J connectivity index is 2.12. The SMILES string of the molecule is O=C(O)CSc1nnc(-c2ccccc2)n1-c1cccc(Cl)c1. The van der Waals surface area contributed by atoms with Gasteiger partial charge in [-0.3, -0.25) is 9.36 Å². The van der Waals surface area contributed by atoms with Crippen LogP contribution in [0.1, 0.15) is 0 Å². The van der Waals surface area contributed by atoms with Crippen molar-refractivity contribution in [1.82, 2.24) is 14.8 Å². The minimum absolute atomic E-state index is 0.0898. The van der Waals surface area contributed by atoms with Crippen molar-refractivity contribution in [3.63, 3.8) is 0 Å². The largest absolute Gasteiger partial charge is 0.481 e. The number of aliphatic carboxylic acids is 1. The highest BCUT2D eigenvalue weighted by molar-refractivity contribution is 7.99. The van der Waals surface area contributed by atoms with Crippen LogP contribution >= 0.6 is 23.4 Å². The lowest BCUT2D eigenvalue weighted by Crippen LogP contribution is -2.03. The van der Waals surface area contributed by atoms with Crippen LogP contribution in [0.15, 0.2) is 59.8 Å². The van der Waals surface area contributed by atoms with Crippen molar-refractivity contribution in [2.45, 2.75) is 5.16 Å². The summed E-state index contributed by atoms with van der Waals surface area (Å²) in [6.45, 7) is 0. The Morgan fingerprint density at radius 2 is 1.91 bits per heavy atom. The first-order valence-electron chi connectivity index (χ1n) is 6.76. The van der Waals surface area contributed by atoms with Gasteiger partial charge in [0.1, 0.15) is 0 Å². The molecule has 0 unspecified atom stereocenters. The van der Waals surface area contributed by atoms with Gasteiger partial charge in [-0.1, -0.05) is 59.8 Å². The lowest BCUT2D eigenvalue weighted by molar-refractivity contribution is -0.133. The standard InChI is InChI=1S/C16H12ClN3O2S/c17-12-7-4-8-13(9-12)20-15(11-5-2-1-3-6-11)18-19-16(20)23-10-14(21)22/h1-9H,10H2,(H,21,22). The smallest absolute Gasteiger partial charge is 0.313 e. The molecule has 1 heterocycles. The maximum absolute atomic E-state index is 10.9. The number of hydrogen-bond acceptors (Lipinski definition) is 4. The maximum Gasteiger partial charge on any atom is 0.313 e. The normalized spacial score (nSPS) is 10.7. The Labute approximate surface area is 141 Å². The van der Waals surface area contributed by atoms with E-state index in [1.807, 2.05) is 47.0 Å². The van der Waals surface area contributed by atoms with E-state index in [0.717, 1.165) is 23.0 Å². The number of hydrogen-bond donors (Lipinski definition) is 1. The van der Waals surface area contributed by atoms with Crippen molar-refractivity contribution in [3.05, 3.63) is 59.6 Å². The first kappa shape index (κ1) is 15.6. The summed E-state index contributed by atoms with van der Waals surface area (Å²) in [6.07, 6.45) is 0. The number of carboxylic acid groups (broad SMARTS) is 1. The van der Waals surface area contributed by atoms with Gasteiger partial charge in [0.2, 0.25) is 0 Å². The number of nitrogens with zero attached hydrogens (tertiary/aromatic N) is 3. The fourth-order valence-electron chi connectivity index (χ4n) is 2.11. The second-order valence-corrected chi connectivity index (χ2v) is 6.05. The Bertz CT molecular complexity index is 836. The summed E-state index contributed by atoms with van der Waals surface area (Å²) < 4.78 is 1.81. The number of benzene rings is 2. The van der Waals surface area contributed by atoms with Crippen LogP contribution in [-0.2, 0) is 4.79 Å². The van der Waals surface area contributed by atoms with Crippen molar-refractivity contribution < 1.29 is 9.90 Å². The monoisotopic (exact) mass is 345 g/mol. The van der Waals surface area contributed by atoms with Crippen molar-refractivity contribution in [2.75, 3.05) is 5.75 Å². The zero-order chi connectivity index (χ0) is 16.2. The molecule has 3 rings (SSSR count). The summed E-state index contributed by atoms with van der Waals surface area (Å²) >= 11 is 7.20. The molecule has 0 bridgehead atoms. The Morgan fingerprint density at radius 3 is 2.61 bits per heavy atom. The van der Waals surface area contributed by atoms with Gasteiger partial charge in [-0.25, -0.2) is 0 Å². The molecule has 0 aliphatic rings. The summed E-state index contributed by atoms with van der Waals surface area (Å²) in [5, 5.41) is 18.4. The van der Waals surface area contributed by atoms with E-state index in [-0.39, 0.29) is 5.75 Å². The minimum atomic E-state index is -0.906. The molecule has 0 radical (unpaired) electrons. The number of halogens is 1. The summed E-state index contributed by atoms with van der Waals surface area (Å²) in [5.41, 5.74) is 1.68. The average molecular weight is 346 g/mol. The highest BCUT2D eigenvalue weighted by Gasteiger charge is 2.17. The van der Waals surface area contributed by atoms with E-state index in [9.17, 15) is 4.79 Å². The number of carbonyl (C=O) groups is 1. The molecule has 0 fully saturated rings. The predicted octanol–water partition coefficient (Wildman–Crippen LogP) is 3.76. The number of carboxylic acids is 1. The summed E-state index contributed by atoms with van der Waals surface area (Å²) in [7, 11) is 0. The number of aromatic nitrogens is 3. The molecule has 116 valence electrons. The van der Waals surface area contributed by atoms with E-state index < -0.39 is 5.97 Å². The molecule has 0 atom stereocenters. The van der Waals surface area contributed by atoms with Gasteiger partial charge in [0.05, 0.1) is 11.4 Å². The second-order valence-electron chi connectivity index (χ2n) is 4.67. The van der Waals surface area contributed by atoms with Crippen molar-refractivity contribution in [3.8, 4) is 17.1 Å². The summed E-state index contributed by atoms with van der Waals surface area (Å²) in [6, 6.07) is 16.9. The number of rotatable bonds is 5. The third kappa shape index (κ3) is 3.55. The van der Waals surface area contributed by atoms with E-state index in [4.69, 9.17) is 16.7 Å². The van der Waals surface area contributed by atoms with E-state index in [0.29, 0.717) is 16.0 Å². The third-order valence-corrected chi connectivity index (χ3v) is 4.21. The highest BCUT2D eigenvalue weighted by atomic mass is 35.5. The van der Waals surface area contributed by atoms with E-state index in [2.05, 4.69) is 10.2 Å². The molecule has 2 aromatic carbocycles. The fourth-order valence-corrected chi connectivity index (χ4v) is 2.97. The average Bonchev–Trinajstić information content (AvgIpc) is 2.97. The maximum atomic E-state index is 10.9. The van der Waals surface area contributed by atoms with Crippen LogP contribution in [-0.4, -0.2) is 31.6 Å². The number of thioether (sulfide) groups is 1. The molecule has 0 saturated heterocycles. The molecule has 23 heavy (non-hydrogen) atoms. The predicted molar refractivity (Wildman–Crippen MR) is 90.2 cm³/mol. The summed E-state index contributed by atoms with van der Waals surface area (Å²) in [4.78, 5) is 10.9. The molecular formula is C16H12ClN3O2S. The zero-order valence-corrected chi connectivity index (χ0v) is 13.5. The van der Waals surface area contributed by atoms with Gasteiger partial charge in [0.25, 0.3) is 0 Å². The van der Waals surface area contributed by atoms with Crippen molar-refractivity contribution >= 4 is 29.3 Å². The Hall–Kier alpha value is -2.31. The first-order valence-corrected chi connectivity index (χ1v) is 8.13. The van der Waals surface area contributed by atoms with Crippen molar-refractivity contribution in [2.24, 2.45) is 0 Å². The van der Waals surface area contributed by atoms with Gasteiger partial charge in [-0.15, -0.1) is 10.2 Å². The molecule has 1 N–H and O–H groups in total. The van der Waals surface area contributed by atoms with Gasteiger partial charge >= 0.3 is 5.97 Å². The first-order chi connectivity index (χ1) is 11.1. The molecular weight excluding hydrogens is 334 g/mol. The Kier molecular flexibility index (Phi) is 4.64. The molecule has 0 aliphatic carbocycles. The van der Waals surface area contributed by atoms with Gasteiger partial charge in [0.15, 0.2) is 11.0 Å². The van der Waals surface area contributed by atoms with E-state index in [1.54, 1.807) is 12.1 Å². The molecule has 0 saturated carbocycles. The molecule has 0 aliphatic heterocycles. The van der Waals surface area contributed by atoms with Crippen LogP contribution in [0.2, 0.25) is 5.02 Å². The highest BCUT2D eigenvalue weighted by Crippen LogP contribution is 2.28. The van der Waals surface area contributed by atoms with Crippen LogP contribution in [0.25, 0.3) is 17.1 Å². The van der Waals surface area contributed by atoms with Crippen molar-refractivity contribution in [1.29, 1.82) is 0 Å². The Morgan fingerprint density at radius 1 is 1.13 bits per heavy atom. The molecule has 0 spiro atoms. The van der Waals surface area contributed by atoms with Crippen LogP contribution in [0.5, 0.6) is 0 Å². The molecule has 0 amide bonds. The molecule has 3 aromatic rings. The topological polar surface area (TPSA) is 68.0 Å². The van der Waals surface area contributed by atoms with E-state index >= 15 is 0 Å². The second kappa shape index (κ2) is 6.85. The van der Waals surface area contributed by atoms with Crippen LogP contribution in [0, 0.1) is 0 Å². The fraction of sp³-hybridized carbons (Fsp3) is 0.0625. The van der Waals surface area contributed by atoms with Crippen LogP contribution < -0.4 is 0 Å². The van der Waals surface area contributed by atoms with E-state index in [1.165, 1.54) is 0 Å². The quantitative estimate of drug-likeness (QED) is 0.713. The lowest BCUT2D eigenvalue weighted by atomic mass is 10.2. The van der Waals surface area contributed by atoms with Crippen LogP contribution in [0.4, 0.5) is 0 Å². The third-order valence-electron chi connectivity index (χ3n) is 3.06. The molecule has 5 nitrogen and oxygen atoms in total. The summed E-state index contributed by atoms with van der Waals surface area (Å²) in [5.74, 6) is -0.356. The van der Waals surface area contributed by atoms with Crippen LogP contribution in [0.3, 0.4) is 0 Å². The van der Waals surface area contributed by atoms with Gasteiger partial charge < -0.3 is 5.11 Å². The van der Waals surface area contributed by atoms with Gasteiger partial charge in [-0.2, -0.15) is 0 Å². The lowest BCUT2D eigenvalue weighted by Gasteiger charge is -2.10. The van der Waals surface area contributed by atoms with Gasteiger partial charge in [-0.05, 0) is 18.2 Å². The molecule has 1 aromatic heterocycles.